The van der Waals surface area contributed by atoms with Crippen molar-refractivity contribution in [2.45, 2.75) is 6.92 Å². The summed E-state index contributed by atoms with van der Waals surface area (Å²) in [5, 5.41) is 3.91. The van der Waals surface area contributed by atoms with Crippen LogP contribution in [-0.2, 0) is 9.59 Å². The summed E-state index contributed by atoms with van der Waals surface area (Å²) in [4.78, 5) is 27.2. The van der Waals surface area contributed by atoms with E-state index in [1.807, 2.05) is 19.1 Å². The maximum Gasteiger partial charge on any atom is 0.270 e. The second-order valence-corrected chi connectivity index (χ2v) is 9.91. The van der Waals surface area contributed by atoms with E-state index in [0.29, 0.717) is 36.4 Å². The van der Waals surface area contributed by atoms with Gasteiger partial charge in [0.15, 0.2) is 10.9 Å². The lowest BCUT2D eigenvalue weighted by Gasteiger charge is -2.14. The first-order chi connectivity index (χ1) is 16.3. The van der Waals surface area contributed by atoms with Crippen LogP contribution in [0.3, 0.4) is 0 Å². The van der Waals surface area contributed by atoms with Gasteiger partial charge < -0.3 is 10.1 Å². The number of nitrogens with one attached hydrogen (secondary N) is 1. The van der Waals surface area contributed by atoms with Gasteiger partial charge in [0.05, 0.1) is 10.6 Å². The molecule has 5 nitrogen and oxygen atoms in total. The molecule has 1 N–H and O–H groups in total. The minimum absolute atomic E-state index is 0.173. The molecule has 0 spiro atoms. The minimum atomic E-state index is -0.306. The zero-order valence-electron chi connectivity index (χ0n) is 17.9. The van der Waals surface area contributed by atoms with Crippen LogP contribution in [-0.4, -0.2) is 22.7 Å². The van der Waals surface area contributed by atoms with E-state index in [1.165, 1.54) is 16.7 Å². The number of benzene rings is 3. The maximum absolute atomic E-state index is 13.0. The van der Waals surface area contributed by atoms with E-state index in [1.54, 1.807) is 60.7 Å². The van der Waals surface area contributed by atoms with Crippen LogP contribution in [0.4, 0.5) is 11.4 Å². The maximum atomic E-state index is 13.0. The van der Waals surface area contributed by atoms with Gasteiger partial charge in [-0.2, -0.15) is 0 Å². The molecule has 34 heavy (non-hydrogen) atoms. The molecule has 0 bridgehead atoms. The highest BCUT2D eigenvalue weighted by Gasteiger charge is 2.33. The van der Waals surface area contributed by atoms with Crippen LogP contribution in [0.5, 0.6) is 5.75 Å². The number of rotatable bonds is 6. The van der Waals surface area contributed by atoms with Crippen LogP contribution in [0.25, 0.3) is 6.08 Å². The number of thiocarbonyl (C=S) groups is 1. The van der Waals surface area contributed by atoms with Gasteiger partial charge in [0.25, 0.3) is 11.8 Å². The summed E-state index contributed by atoms with van der Waals surface area (Å²) in [6.45, 7) is 1.71. The number of halogens is 2. The fourth-order valence-electron chi connectivity index (χ4n) is 3.19. The molecule has 0 radical (unpaired) electrons. The Labute approximate surface area is 216 Å². The van der Waals surface area contributed by atoms with E-state index in [-0.39, 0.29) is 18.4 Å². The van der Waals surface area contributed by atoms with Gasteiger partial charge in [-0.3, -0.25) is 14.5 Å². The Morgan fingerprint density at radius 1 is 1.09 bits per heavy atom. The van der Waals surface area contributed by atoms with Crippen molar-refractivity contribution in [3.8, 4) is 5.75 Å². The van der Waals surface area contributed by atoms with Gasteiger partial charge in [-0.05, 0) is 72.7 Å². The number of carbonyl (C=O) groups excluding carboxylic acids is 2. The summed E-state index contributed by atoms with van der Waals surface area (Å²) < 4.78 is 6.09. The lowest BCUT2D eigenvalue weighted by Crippen LogP contribution is -2.27. The molecular formula is C25H18Cl2N2O3S2. The van der Waals surface area contributed by atoms with Gasteiger partial charge in [-0.15, -0.1) is 0 Å². The van der Waals surface area contributed by atoms with E-state index >= 15 is 0 Å². The Kier molecular flexibility index (Phi) is 7.58. The summed E-state index contributed by atoms with van der Waals surface area (Å²) in [6.07, 6.45) is 1.75. The average molecular weight is 529 g/mol. The molecule has 172 valence electrons. The van der Waals surface area contributed by atoms with Crippen molar-refractivity contribution < 1.29 is 14.3 Å². The lowest BCUT2D eigenvalue weighted by atomic mass is 10.2. The third-order valence-corrected chi connectivity index (χ3v) is 6.67. The second kappa shape index (κ2) is 10.6. The third kappa shape index (κ3) is 5.80. The summed E-state index contributed by atoms with van der Waals surface area (Å²) in [5.74, 6) is -0.0144. The number of ether oxygens (including phenoxy) is 1. The van der Waals surface area contributed by atoms with Gasteiger partial charge in [0.1, 0.15) is 5.75 Å². The average Bonchev–Trinajstić information content (AvgIpc) is 3.08. The van der Waals surface area contributed by atoms with Crippen molar-refractivity contribution in [2.24, 2.45) is 0 Å². The zero-order valence-corrected chi connectivity index (χ0v) is 21.0. The number of nitrogens with zero attached hydrogens (tertiary/aromatic N) is 1. The molecule has 3 aromatic carbocycles. The summed E-state index contributed by atoms with van der Waals surface area (Å²) in [7, 11) is 0. The van der Waals surface area contributed by atoms with Crippen molar-refractivity contribution in [3.63, 3.8) is 0 Å². The van der Waals surface area contributed by atoms with E-state index in [0.717, 1.165) is 11.1 Å². The van der Waals surface area contributed by atoms with Crippen LogP contribution in [0.1, 0.15) is 11.1 Å². The molecule has 1 fully saturated rings. The predicted octanol–water partition coefficient (Wildman–Crippen LogP) is 6.73. The number of carbonyl (C=O) groups is 2. The number of aryl methyl sites for hydroxylation is 1. The van der Waals surface area contributed by atoms with E-state index in [9.17, 15) is 9.59 Å². The zero-order chi connectivity index (χ0) is 24.2. The molecule has 0 unspecified atom stereocenters. The molecule has 0 saturated carbocycles. The number of anilines is 2. The Bertz CT molecular complexity index is 1310. The van der Waals surface area contributed by atoms with Gasteiger partial charge >= 0.3 is 0 Å². The Morgan fingerprint density at radius 2 is 1.82 bits per heavy atom. The van der Waals surface area contributed by atoms with E-state index in [2.05, 4.69) is 5.32 Å². The number of hydrogen-bond donors (Lipinski definition) is 1. The smallest absolute Gasteiger partial charge is 0.270 e. The van der Waals surface area contributed by atoms with Crippen LogP contribution < -0.4 is 15.0 Å². The molecule has 4 rings (SSSR count). The molecule has 1 saturated heterocycles. The van der Waals surface area contributed by atoms with Crippen molar-refractivity contribution in [1.29, 1.82) is 0 Å². The highest BCUT2D eigenvalue weighted by molar-refractivity contribution is 8.27. The highest BCUT2D eigenvalue weighted by atomic mass is 35.5. The highest BCUT2D eigenvalue weighted by Crippen LogP contribution is 2.36. The van der Waals surface area contributed by atoms with Crippen LogP contribution in [0.15, 0.2) is 71.6 Å². The molecule has 1 aliphatic rings. The number of thioether (sulfide) groups is 1. The van der Waals surface area contributed by atoms with Crippen molar-refractivity contribution in [2.75, 3.05) is 16.8 Å². The number of amides is 2. The molecule has 0 aliphatic carbocycles. The summed E-state index contributed by atoms with van der Waals surface area (Å²) in [6, 6.07) is 19.3. The second-order valence-electron chi connectivity index (χ2n) is 7.36. The van der Waals surface area contributed by atoms with Crippen molar-refractivity contribution in [1.82, 2.24) is 0 Å². The SMILES string of the molecule is Cc1ccc(Cl)cc1NC(=O)COc1cccc(/C=C2\SC(=S)N(c3ccc(Cl)cc3)C2=O)c1. The molecule has 3 aromatic rings. The Hall–Kier alpha value is -2.84. The van der Waals surface area contributed by atoms with Crippen molar-refractivity contribution >= 4 is 80.8 Å². The first-order valence-electron chi connectivity index (χ1n) is 10.1. The predicted molar refractivity (Wildman–Crippen MR) is 144 cm³/mol. The normalized spacial score (nSPS) is 14.6. The van der Waals surface area contributed by atoms with Gasteiger partial charge in [0, 0.05) is 15.7 Å². The van der Waals surface area contributed by atoms with Crippen LogP contribution >= 0.6 is 47.2 Å². The van der Waals surface area contributed by atoms with E-state index < -0.39 is 0 Å². The van der Waals surface area contributed by atoms with Gasteiger partial charge in [0.2, 0.25) is 0 Å². The Morgan fingerprint density at radius 3 is 2.59 bits per heavy atom. The molecule has 9 heteroatoms. The topological polar surface area (TPSA) is 58.6 Å². The van der Waals surface area contributed by atoms with Gasteiger partial charge in [-0.25, -0.2) is 0 Å². The standard InChI is InChI=1S/C25H18Cl2N2O3S2/c1-15-5-6-18(27)13-21(15)28-23(30)14-32-20-4-2-3-16(11-20)12-22-24(31)29(25(33)34-22)19-9-7-17(26)8-10-19/h2-13H,14H2,1H3,(H,28,30)/b22-12-. The quantitative estimate of drug-likeness (QED) is 0.284. The van der Waals surface area contributed by atoms with Crippen molar-refractivity contribution in [3.05, 3.63) is 92.8 Å². The summed E-state index contributed by atoms with van der Waals surface area (Å²) >= 11 is 18.6. The molecule has 0 atom stereocenters. The summed E-state index contributed by atoms with van der Waals surface area (Å²) in [5.41, 5.74) is 2.95. The Balaban J connectivity index is 1.42. The van der Waals surface area contributed by atoms with Crippen LogP contribution in [0.2, 0.25) is 10.0 Å². The fraction of sp³-hybridized carbons (Fsp3) is 0.0800. The third-order valence-electron chi connectivity index (χ3n) is 4.88. The monoisotopic (exact) mass is 528 g/mol. The number of hydrogen-bond acceptors (Lipinski definition) is 5. The molecule has 1 heterocycles. The first kappa shape index (κ1) is 24.3. The first-order valence-corrected chi connectivity index (χ1v) is 12.1. The lowest BCUT2D eigenvalue weighted by molar-refractivity contribution is -0.118. The molecule has 1 aliphatic heterocycles. The van der Waals surface area contributed by atoms with E-state index in [4.69, 9.17) is 40.2 Å². The largest absolute Gasteiger partial charge is 0.484 e. The molecule has 0 aromatic heterocycles. The van der Waals surface area contributed by atoms with Crippen LogP contribution in [0, 0.1) is 6.92 Å². The molecule has 2 amide bonds. The minimum Gasteiger partial charge on any atom is -0.484 e. The molecular weight excluding hydrogens is 511 g/mol. The van der Waals surface area contributed by atoms with Gasteiger partial charge in [-0.1, -0.05) is 65.4 Å². The fourth-order valence-corrected chi connectivity index (χ4v) is 4.79.